The number of carbonyl (C=O) groups is 1. The number of para-hydroxylation sites is 1. The first kappa shape index (κ1) is 13.9. The van der Waals surface area contributed by atoms with Gasteiger partial charge in [0.1, 0.15) is 5.82 Å². The predicted octanol–water partition coefficient (Wildman–Crippen LogP) is 4.28. The van der Waals surface area contributed by atoms with Gasteiger partial charge in [-0.05, 0) is 36.8 Å². The second kappa shape index (κ2) is 5.77. The summed E-state index contributed by atoms with van der Waals surface area (Å²) in [6, 6.07) is 12.3. The molecule has 2 aromatic carbocycles. The van der Waals surface area contributed by atoms with Crippen molar-refractivity contribution >= 4 is 29.2 Å². The lowest BCUT2D eigenvalue weighted by molar-refractivity contribution is 0.257. The van der Waals surface area contributed by atoms with E-state index in [2.05, 4.69) is 5.32 Å². The maximum atomic E-state index is 13.5. The van der Waals surface area contributed by atoms with Crippen LogP contribution in [-0.2, 0) is 0 Å². The van der Waals surface area contributed by atoms with Crippen LogP contribution in [0.25, 0.3) is 0 Å². The summed E-state index contributed by atoms with van der Waals surface area (Å²) in [6.45, 7) is 2.33. The summed E-state index contributed by atoms with van der Waals surface area (Å²) in [5, 5.41) is 2.76. The van der Waals surface area contributed by atoms with E-state index in [0.717, 1.165) is 16.3 Å². The number of nitrogens with one attached hydrogen (secondary N) is 1. The molecule has 1 aliphatic rings. The second-order valence-electron chi connectivity index (χ2n) is 4.86. The number of hydrogen-bond acceptors (Lipinski definition) is 2. The van der Waals surface area contributed by atoms with E-state index in [9.17, 15) is 9.18 Å². The molecule has 0 aromatic heterocycles. The van der Waals surface area contributed by atoms with E-state index < -0.39 is 0 Å². The van der Waals surface area contributed by atoms with Crippen molar-refractivity contribution in [2.24, 2.45) is 0 Å². The number of hydrogen-bond donors (Lipinski definition) is 1. The number of thioether (sulfide) groups is 1. The fraction of sp³-hybridized carbons (Fsp3) is 0.188. The van der Waals surface area contributed by atoms with E-state index in [1.165, 1.54) is 6.07 Å². The summed E-state index contributed by atoms with van der Waals surface area (Å²) >= 11 is 1.74. The Kier molecular flexibility index (Phi) is 3.84. The first-order valence-electron chi connectivity index (χ1n) is 6.71. The third kappa shape index (κ3) is 2.88. The lowest BCUT2D eigenvalue weighted by Gasteiger charge is -2.29. The molecule has 0 fully saturated rings. The SMILES string of the molecule is Cc1ccc(NC(=O)N2CCSc3ccccc32)cc1F. The summed E-state index contributed by atoms with van der Waals surface area (Å²) in [6.07, 6.45) is 0. The molecule has 0 saturated heterocycles. The van der Waals surface area contributed by atoms with Crippen molar-refractivity contribution in [3.05, 3.63) is 53.8 Å². The van der Waals surface area contributed by atoms with Gasteiger partial charge in [0.05, 0.1) is 5.69 Å². The molecule has 108 valence electrons. The zero-order valence-corrected chi connectivity index (χ0v) is 12.4. The number of amides is 2. The van der Waals surface area contributed by atoms with E-state index in [1.807, 2.05) is 24.3 Å². The highest BCUT2D eigenvalue weighted by molar-refractivity contribution is 7.99. The Morgan fingerprint density at radius 3 is 2.90 bits per heavy atom. The summed E-state index contributed by atoms with van der Waals surface area (Å²) in [5.74, 6) is 0.537. The van der Waals surface area contributed by atoms with Crippen LogP contribution < -0.4 is 10.2 Å². The van der Waals surface area contributed by atoms with E-state index in [0.29, 0.717) is 17.8 Å². The van der Waals surface area contributed by atoms with Crippen molar-refractivity contribution in [3.63, 3.8) is 0 Å². The lowest BCUT2D eigenvalue weighted by Crippen LogP contribution is -2.38. The molecule has 3 nitrogen and oxygen atoms in total. The normalized spacial score (nSPS) is 13.7. The summed E-state index contributed by atoms with van der Waals surface area (Å²) < 4.78 is 13.5. The Bertz CT molecular complexity index is 690. The third-order valence-corrected chi connectivity index (χ3v) is 4.44. The van der Waals surface area contributed by atoms with Crippen molar-refractivity contribution in [1.29, 1.82) is 0 Å². The van der Waals surface area contributed by atoms with Crippen molar-refractivity contribution < 1.29 is 9.18 Å². The molecule has 1 heterocycles. The van der Waals surface area contributed by atoms with Crippen molar-refractivity contribution in [1.82, 2.24) is 0 Å². The van der Waals surface area contributed by atoms with Crippen molar-refractivity contribution in [3.8, 4) is 0 Å². The standard InChI is InChI=1S/C16H15FN2OS/c1-11-6-7-12(10-13(11)17)18-16(20)19-8-9-21-15-5-3-2-4-14(15)19/h2-7,10H,8-9H2,1H3,(H,18,20). The number of fused-ring (bicyclic) bond motifs is 1. The Hall–Kier alpha value is -2.01. The molecule has 0 aliphatic carbocycles. The van der Waals surface area contributed by atoms with E-state index in [4.69, 9.17) is 0 Å². The third-order valence-electron chi connectivity index (χ3n) is 3.40. The molecule has 1 N–H and O–H groups in total. The molecule has 21 heavy (non-hydrogen) atoms. The average molecular weight is 302 g/mol. The zero-order chi connectivity index (χ0) is 14.8. The van der Waals surface area contributed by atoms with Gasteiger partial charge in [-0.1, -0.05) is 18.2 Å². The average Bonchev–Trinajstić information content (AvgIpc) is 2.50. The molecule has 0 saturated carbocycles. The lowest BCUT2D eigenvalue weighted by atomic mass is 10.2. The summed E-state index contributed by atoms with van der Waals surface area (Å²) in [4.78, 5) is 15.2. The first-order chi connectivity index (χ1) is 10.1. The van der Waals surface area contributed by atoms with Crippen LogP contribution in [0.4, 0.5) is 20.6 Å². The molecule has 0 radical (unpaired) electrons. The zero-order valence-electron chi connectivity index (χ0n) is 11.6. The van der Waals surface area contributed by atoms with Crippen molar-refractivity contribution in [2.45, 2.75) is 11.8 Å². The Morgan fingerprint density at radius 2 is 2.10 bits per heavy atom. The van der Waals surface area contributed by atoms with Gasteiger partial charge in [-0.25, -0.2) is 9.18 Å². The molecule has 5 heteroatoms. The van der Waals surface area contributed by atoms with Crippen LogP contribution in [0.5, 0.6) is 0 Å². The maximum Gasteiger partial charge on any atom is 0.326 e. The van der Waals surface area contributed by atoms with Gasteiger partial charge in [0.15, 0.2) is 0 Å². The van der Waals surface area contributed by atoms with E-state index >= 15 is 0 Å². The molecule has 0 spiro atoms. The number of benzene rings is 2. The van der Waals surface area contributed by atoms with Crippen LogP contribution in [0.1, 0.15) is 5.56 Å². The predicted molar refractivity (Wildman–Crippen MR) is 84.7 cm³/mol. The van der Waals surface area contributed by atoms with Crippen LogP contribution in [0.3, 0.4) is 0 Å². The highest BCUT2D eigenvalue weighted by Gasteiger charge is 2.22. The van der Waals surface area contributed by atoms with Gasteiger partial charge in [0, 0.05) is 22.9 Å². The molecule has 0 bridgehead atoms. The number of nitrogens with zero attached hydrogens (tertiary/aromatic N) is 1. The molecule has 2 aromatic rings. The number of urea groups is 1. The van der Waals surface area contributed by atoms with Gasteiger partial charge in [0.2, 0.25) is 0 Å². The van der Waals surface area contributed by atoms with Crippen LogP contribution in [0, 0.1) is 12.7 Å². The van der Waals surface area contributed by atoms with Crippen LogP contribution in [0.15, 0.2) is 47.4 Å². The molecule has 0 atom stereocenters. The smallest absolute Gasteiger partial charge is 0.307 e. The summed E-state index contributed by atoms with van der Waals surface area (Å²) in [7, 11) is 0. The fourth-order valence-corrected chi connectivity index (χ4v) is 3.24. The molecular weight excluding hydrogens is 287 g/mol. The Morgan fingerprint density at radius 1 is 1.29 bits per heavy atom. The van der Waals surface area contributed by atoms with Crippen LogP contribution in [0.2, 0.25) is 0 Å². The van der Waals surface area contributed by atoms with Crippen LogP contribution >= 0.6 is 11.8 Å². The summed E-state index contributed by atoms with van der Waals surface area (Å²) in [5.41, 5.74) is 1.94. The fourth-order valence-electron chi connectivity index (χ4n) is 2.24. The van der Waals surface area contributed by atoms with Gasteiger partial charge in [-0.2, -0.15) is 0 Å². The molecule has 1 aliphatic heterocycles. The van der Waals surface area contributed by atoms with Crippen LogP contribution in [-0.4, -0.2) is 18.3 Å². The quantitative estimate of drug-likeness (QED) is 0.853. The molecular formula is C16H15FN2OS. The van der Waals surface area contributed by atoms with Gasteiger partial charge >= 0.3 is 6.03 Å². The minimum absolute atomic E-state index is 0.231. The van der Waals surface area contributed by atoms with E-state index in [-0.39, 0.29) is 11.8 Å². The number of rotatable bonds is 1. The monoisotopic (exact) mass is 302 g/mol. The van der Waals surface area contributed by atoms with Gasteiger partial charge in [0.25, 0.3) is 0 Å². The number of anilines is 2. The number of aryl methyl sites for hydroxylation is 1. The molecule has 2 amide bonds. The van der Waals surface area contributed by atoms with Gasteiger partial charge in [-0.3, -0.25) is 4.90 Å². The number of halogens is 1. The van der Waals surface area contributed by atoms with E-state index in [1.54, 1.807) is 35.7 Å². The Labute approximate surface area is 127 Å². The minimum atomic E-state index is -0.317. The second-order valence-corrected chi connectivity index (χ2v) is 6.00. The topological polar surface area (TPSA) is 32.3 Å². The first-order valence-corrected chi connectivity index (χ1v) is 7.70. The maximum absolute atomic E-state index is 13.5. The minimum Gasteiger partial charge on any atom is -0.307 e. The van der Waals surface area contributed by atoms with Crippen molar-refractivity contribution in [2.75, 3.05) is 22.5 Å². The largest absolute Gasteiger partial charge is 0.326 e. The van der Waals surface area contributed by atoms with Gasteiger partial charge in [-0.15, -0.1) is 11.8 Å². The number of carbonyl (C=O) groups excluding carboxylic acids is 1. The molecule has 0 unspecified atom stereocenters. The highest BCUT2D eigenvalue weighted by Crippen LogP contribution is 2.34. The Balaban J connectivity index is 1.81. The molecule has 3 rings (SSSR count). The van der Waals surface area contributed by atoms with Gasteiger partial charge < -0.3 is 5.32 Å². The highest BCUT2D eigenvalue weighted by atomic mass is 32.2.